The van der Waals surface area contributed by atoms with Gasteiger partial charge in [0.15, 0.2) is 0 Å². The standard InChI is InChI=1S/C17H26N2O4/c1-21-12-14-8-15(22-2)10-19(14)11-17(20)18-9-13-6-4-5-7-16(13)23-3/h4-7,14-15H,8-12H2,1-3H3,(H,18,20)/t14-,15+/m0/s1. The minimum Gasteiger partial charge on any atom is -0.496 e. The van der Waals surface area contributed by atoms with Crippen molar-refractivity contribution in [1.82, 2.24) is 10.2 Å². The van der Waals surface area contributed by atoms with Crippen molar-refractivity contribution in [3.8, 4) is 5.75 Å². The number of ether oxygens (including phenoxy) is 3. The molecule has 1 aromatic carbocycles. The second kappa shape index (κ2) is 8.86. The Labute approximate surface area is 137 Å². The Morgan fingerprint density at radius 2 is 2.09 bits per heavy atom. The monoisotopic (exact) mass is 322 g/mol. The van der Waals surface area contributed by atoms with Crippen molar-refractivity contribution in [3.63, 3.8) is 0 Å². The first kappa shape index (κ1) is 17.7. The largest absolute Gasteiger partial charge is 0.496 e. The van der Waals surface area contributed by atoms with Crippen LogP contribution in [0, 0.1) is 0 Å². The van der Waals surface area contributed by atoms with Gasteiger partial charge in [0, 0.05) is 38.9 Å². The van der Waals surface area contributed by atoms with E-state index < -0.39 is 0 Å². The van der Waals surface area contributed by atoms with Crippen LogP contribution in [-0.4, -0.2) is 64.0 Å². The third-order valence-electron chi connectivity index (χ3n) is 4.20. The highest BCUT2D eigenvalue weighted by atomic mass is 16.5. The number of benzene rings is 1. The molecule has 128 valence electrons. The van der Waals surface area contributed by atoms with Crippen molar-refractivity contribution in [2.45, 2.75) is 25.1 Å². The highest BCUT2D eigenvalue weighted by molar-refractivity contribution is 5.78. The van der Waals surface area contributed by atoms with Gasteiger partial charge in [-0.15, -0.1) is 0 Å². The molecule has 0 unspecified atom stereocenters. The molecule has 0 bridgehead atoms. The minimum absolute atomic E-state index is 0.00578. The van der Waals surface area contributed by atoms with E-state index in [-0.39, 0.29) is 18.1 Å². The first-order chi connectivity index (χ1) is 11.2. The summed E-state index contributed by atoms with van der Waals surface area (Å²) in [5, 5.41) is 2.95. The van der Waals surface area contributed by atoms with E-state index in [1.165, 1.54) is 0 Å². The predicted molar refractivity (Wildman–Crippen MR) is 87.5 cm³/mol. The molecule has 1 saturated heterocycles. The molecule has 0 saturated carbocycles. The molecule has 1 amide bonds. The zero-order chi connectivity index (χ0) is 16.7. The van der Waals surface area contributed by atoms with Crippen molar-refractivity contribution in [3.05, 3.63) is 29.8 Å². The minimum atomic E-state index is -0.00578. The molecule has 0 aromatic heterocycles. The number of nitrogens with zero attached hydrogens (tertiary/aromatic N) is 1. The van der Waals surface area contributed by atoms with Crippen molar-refractivity contribution >= 4 is 5.91 Å². The number of methoxy groups -OCH3 is 3. The molecule has 2 atom stereocenters. The number of amides is 1. The van der Waals surface area contributed by atoms with Gasteiger partial charge in [-0.25, -0.2) is 0 Å². The quantitative estimate of drug-likeness (QED) is 0.775. The number of carbonyl (C=O) groups is 1. The van der Waals surface area contributed by atoms with Crippen LogP contribution in [0.4, 0.5) is 0 Å². The summed E-state index contributed by atoms with van der Waals surface area (Å²) in [6.45, 7) is 2.18. The van der Waals surface area contributed by atoms with Gasteiger partial charge in [-0.2, -0.15) is 0 Å². The van der Waals surface area contributed by atoms with E-state index in [0.717, 1.165) is 24.3 Å². The van der Waals surface area contributed by atoms with Gasteiger partial charge in [-0.05, 0) is 12.5 Å². The molecule has 23 heavy (non-hydrogen) atoms. The molecule has 0 aliphatic carbocycles. The number of para-hydroxylation sites is 1. The van der Waals surface area contributed by atoms with Crippen LogP contribution in [0.15, 0.2) is 24.3 Å². The average molecular weight is 322 g/mol. The van der Waals surface area contributed by atoms with E-state index in [4.69, 9.17) is 14.2 Å². The zero-order valence-corrected chi connectivity index (χ0v) is 14.1. The maximum Gasteiger partial charge on any atom is 0.234 e. The lowest BCUT2D eigenvalue weighted by atomic mass is 10.2. The maximum absolute atomic E-state index is 12.2. The molecule has 6 nitrogen and oxygen atoms in total. The number of rotatable bonds is 8. The van der Waals surface area contributed by atoms with Crippen LogP contribution in [0.2, 0.25) is 0 Å². The molecule has 0 spiro atoms. The Hall–Kier alpha value is -1.63. The van der Waals surface area contributed by atoms with Crippen molar-refractivity contribution < 1.29 is 19.0 Å². The first-order valence-corrected chi connectivity index (χ1v) is 7.82. The molecule has 2 rings (SSSR count). The van der Waals surface area contributed by atoms with Crippen LogP contribution in [0.3, 0.4) is 0 Å². The summed E-state index contributed by atoms with van der Waals surface area (Å²) in [6.07, 6.45) is 1.06. The molecular formula is C17H26N2O4. The van der Waals surface area contributed by atoms with Gasteiger partial charge in [0.05, 0.1) is 26.4 Å². The predicted octanol–water partition coefficient (Wildman–Crippen LogP) is 1.05. The lowest BCUT2D eigenvalue weighted by Gasteiger charge is -2.22. The SMILES string of the molecule is COC[C@@H]1C[C@@H](OC)CN1CC(=O)NCc1ccccc1OC. The summed E-state index contributed by atoms with van der Waals surface area (Å²) in [6, 6.07) is 7.90. The fraction of sp³-hybridized carbons (Fsp3) is 0.588. The molecule has 1 aliphatic rings. The summed E-state index contributed by atoms with van der Waals surface area (Å²) >= 11 is 0. The molecule has 1 aliphatic heterocycles. The Morgan fingerprint density at radius 1 is 1.30 bits per heavy atom. The highest BCUT2D eigenvalue weighted by Crippen LogP contribution is 2.20. The van der Waals surface area contributed by atoms with Crippen molar-refractivity contribution in [2.24, 2.45) is 0 Å². The lowest BCUT2D eigenvalue weighted by molar-refractivity contribution is -0.122. The van der Waals surface area contributed by atoms with Crippen LogP contribution < -0.4 is 10.1 Å². The molecule has 0 radical (unpaired) electrons. The Bertz CT molecular complexity index is 509. The Kier molecular flexibility index (Phi) is 6.83. The number of hydrogen-bond donors (Lipinski definition) is 1. The van der Waals surface area contributed by atoms with Gasteiger partial charge in [0.1, 0.15) is 5.75 Å². The highest BCUT2D eigenvalue weighted by Gasteiger charge is 2.33. The van der Waals surface area contributed by atoms with Gasteiger partial charge in [-0.1, -0.05) is 18.2 Å². The Balaban J connectivity index is 1.86. The second-order valence-electron chi connectivity index (χ2n) is 5.72. The normalized spacial score (nSPS) is 21.3. The van der Waals surface area contributed by atoms with Gasteiger partial charge in [0.25, 0.3) is 0 Å². The summed E-state index contributed by atoms with van der Waals surface area (Å²) < 4.78 is 16.0. The van der Waals surface area contributed by atoms with E-state index in [0.29, 0.717) is 19.7 Å². The number of hydrogen-bond acceptors (Lipinski definition) is 5. The first-order valence-electron chi connectivity index (χ1n) is 7.82. The fourth-order valence-electron chi connectivity index (χ4n) is 2.95. The van der Waals surface area contributed by atoms with Gasteiger partial charge >= 0.3 is 0 Å². The molecular weight excluding hydrogens is 296 g/mol. The van der Waals surface area contributed by atoms with Crippen LogP contribution in [0.5, 0.6) is 5.75 Å². The zero-order valence-electron chi connectivity index (χ0n) is 14.1. The average Bonchev–Trinajstić information content (AvgIpc) is 2.95. The number of nitrogens with one attached hydrogen (secondary N) is 1. The maximum atomic E-state index is 12.2. The van der Waals surface area contributed by atoms with E-state index in [1.54, 1.807) is 21.3 Å². The van der Waals surface area contributed by atoms with E-state index in [2.05, 4.69) is 10.2 Å². The van der Waals surface area contributed by atoms with Gasteiger partial charge in [0.2, 0.25) is 5.91 Å². The van der Waals surface area contributed by atoms with E-state index in [9.17, 15) is 4.79 Å². The smallest absolute Gasteiger partial charge is 0.234 e. The summed E-state index contributed by atoms with van der Waals surface area (Å²) in [5.74, 6) is 0.777. The number of likely N-dealkylation sites (tertiary alicyclic amines) is 1. The van der Waals surface area contributed by atoms with E-state index in [1.807, 2.05) is 24.3 Å². The molecule has 1 aromatic rings. The fourth-order valence-corrected chi connectivity index (χ4v) is 2.95. The Morgan fingerprint density at radius 3 is 2.78 bits per heavy atom. The van der Waals surface area contributed by atoms with E-state index >= 15 is 0 Å². The van der Waals surface area contributed by atoms with Crippen LogP contribution >= 0.6 is 0 Å². The van der Waals surface area contributed by atoms with Gasteiger partial charge < -0.3 is 19.5 Å². The summed E-state index contributed by atoms with van der Waals surface area (Å²) in [7, 11) is 5.02. The van der Waals surface area contributed by atoms with Gasteiger partial charge in [-0.3, -0.25) is 9.69 Å². The third-order valence-corrected chi connectivity index (χ3v) is 4.20. The van der Waals surface area contributed by atoms with Crippen LogP contribution in [-0.2, 0) is 20.8 Å². The number of carbonyl (C=O) groups excluding carboxylic acids is 1. The molecule has 6 heteroatoms. The summed E-state index contributed by atoms with van der Waals surface area (Å²) in [5.41, 5.74) is 0.966. The van der Waals surface area contributed by atoms with Crippen molar-refractivity contribution in [1.29, 1.82) is 0 Å². The summed E-state index contributed by atoms with van der Waals surface area (Å²) in [4.78, 5) is 14.4. The van der Waals surface area contributed by atoms with Crippen molar-refractivity contribution in [2.75, 3.05) is 41.0 Å². The molecule has 1 N–H and O–H groups in total. The second-order valence-corrected chi connectivity index (χ2v) is 5.72. The lowest BCUT2D eigenvalue weighted by Crippen LogP contribution is -2.41. The molecule has 1 fully saturated rings. The van der Waals surface area contributed by atoms with Crippen LogP contribution in [0.25, 0.3) is 0 Å². The molecule has 1 heterocycles. The topological polar surface area (TPSA) is 60.0 Å². The van der Waals surface area contributed by atoms with Crippen LogP contribution in [0.1, 0.15) is 12.0 Å². The third kappa shape index (κ3) is 4.92.